The minimum Gasteiger partial charge on any atom is -0.490 e. The van der Waals surface area contributed by atoms with Gasteiger partial charge >= 0.3 is 0 Å². The average Bonchev–Trinajstić information content (AvgIpc) is 3.07. The number of nitrogens with zero attached hydrogens (tertiary/aromatic N) is 2. The van der Waals surface area contributed by atoms with Crippen LogP contribution in [-0.4, -0.2) is 22.3 Å². The van der Waals surface area contributed by atoms with Gasteiger partial charge in [0.25, 0.3) is 11.6 Å². The monoisotopic (exact) mass is 374 g/mol. The average molecular weight is 374 g/mol. The summed E-state index contributed by atoms with van der Waals surface area (Å²) in [5.74, 6) is -3.46. The Bertz CT molecular complexity index is 1050. The van der Waals surface area contributed by atoms with Crippen LogP contribution in [-0.2, 0) is 6.54 Å². The maximum absolute atomic E-state index is 13.9. The van der Waals surface area contributed by atoms with Crippen molar-refractivity contribution in [2.45, 2.75) is 12.6 Å². The quantitative estimate of drug-likeness (QED) is 0.659. The number of halogens is 3. The van der Waals surface area contributed by atoms with E-state index in [0.29, 0.717) is 17.9 Å². The molecule has 3 aromatic rings. The molecule has 0 bridgehead atoms. The van der Waals surface area contributed by atoms with Crippen LogP contribution in [0.2, 0.25) is 0 Å². The summed E-state index contributed by atoms with van der Waals surface area (Å²) in [6, 6.07) is 9.96. The van der Waals surface area contributed by atoms with Gasteiger partial charge in [-0.3, -0.25) is 9.36 Å². The van der Waals surface area contributed by atoms with Gasteiger partial charge in [-0.25, -0.2) is 13.2 Å². The number of ether oxygens (including phenoxy) is 2. The van der Waals surface area contributed by atoms with E-state index in [2.05, 4.69) is 4.98 Å². The van der Waals surface area contributed by atoms with Crippen LogP contribution in [0.15, 0.2) is 53.5 Å². The molecular weight excluding hydrogens is 361 g/mol. The third-order valence-corrected chi connectivity index (χ3v) is 4.16. The van der Waals surface area contributed by atoms with Crippen molar-refractivity contribution in [2.24, 2.45) is 0 Å². The predicted molar refractivity (Wildman–Crippen MR) is 90.2 cm³/mol. The Labute approximate surface area is 151 Å². The summed E-state index contributed by atoms with van der Waals surface area (Å²) in [7, 11) is 0. The zero-order chi connectivity index (χ0) is 19.0. The van der Waals surface area contributed by atoms with E-state index in [4.69, 9.17) is 9.47 Å². The summed E-state index contributed by atoms with van der Waals surface area (Å²) >= 11 is 0. The molecule has 0 fully saturated rings. The van der Waals surface area contributed by atoms with Crippen LogP contribution in [0, 0.1) is 17.5 Å². The van der Waals surface area contributed by atoms with E-state index in [1.165, 1.54) is 12.1 Å². The van der Waals surface area contributed by atoms with Crippen LogP contribution >= 0.6 is 0 Å². The molecule has 5 nitrogen and oxygen atoms in total. The van der Waals surface area contributed by atoms with Gasteiger partial charge in [0.15, 0.2) is 23.6 Å². The molecule has 1 aliphatic rings. The van der Waals surface area contributed by atoms with E-state index in [-0.39, 0.29) is 29.8 Å². The fourth-order valence-electron chi connectivity index (χ4n) is 2.81. The van der Waals surface area contributed by atoms with E-state index in [1.807, 2.05) is 0 Å². The van der Waals surface area contributed by atoms with Crippen molar-refractivity contribution in [3.63, 3.8) is 0 Å². The van der Waals surface area contributed by atoms with Gasteiger partial charge in [-0.15, -0.1) is 0 Å². The molecule has 0 N–H and O–H groups in total. The molecule has 0 radical (unpaired) electrons. The Hall–Kier alpha value is -3.29. The number of hydrogen-bond donors (Lipinski definition) is 0. The Morgan fingerprint density at radius 3 is 2.63 bits per heavy atom. The molecule has 0 aliphatic carbocycles. The van der Waals surface area contributed by atoms with Crippen molar-refractivity contribution in [2.75, 3.05) is 6.61 Å². The van der Waals surface area contributed by atoms with E-state index in [1.54, 1.807) is 35.0 Å². The molecular formula is C19H13F3N2O3. The van der Waals surface area contributed by atoms with Crippen molar-refractivity contribution in [3.8, 4) is 22.9 Å². The first-order chi connectivity index (χ1) is 13.0. The van der Waals surface area contributed by atoms with E-state index >= 15 is 0 Å². The third kappa shape index (κ3) is 3.38. The maximum atomic E-state index is 13.9. The normalized spacial score (nSPS) is 15.3. The van der Waals surface area contributed by atoms with E-state index in [0.717, 1.165) is 6.07 Å². The molecule has 0 unspecified atom stereocenters. The molecule has 4 rings (SSSR count). The predicted octanol–water partition coefficient (Wildman–Crippen LogP) is 3.17. The molecule has 0 saturated heterocycles. The van der Waals surface area contributed by atoms with Gasteiger partial charge in [-0.05, 0) is 29.8 Å². The Kier molecular flexibility index (Phi) is 4.31. The Balaban J connectivity index is 1.42. The van der Waals surface area contributed by atoms with Gasteiger partial charge in [0.05, 0.1) is 6.54 Å². The van der Waals surface area contributed by atoms with Crippen molar-refractivity contribution in [1.82, 2.24) is 9.55 Å². The topological polar surface area (TPSA) is 53.4 Å². The second kappa shape index (κ2) is 6.79. The van der Waals surface area contributed by atoms with Gasteiger partial charge in [0.2, 0.25) is 0 Å². The van der Waals surface area contributed by atoms with E-state index < -0.39 is 17.5 Å². The zero-order valence-electron chi connectivity index (χ0n) is 13.9. The summed E-state index contributed by atoms with van der Waals surface area (Å²) < 4.78 is 53.2. The number of aromatic nitrogens is 2. The van der Waals surface area contributed by atoms with Crippen LogP contribution in [0.3, 0.4) is 0 Å². The first kappa shape index (κ1) is 17.1. The van der Waals surface area contributed by atoms with Crippen LogP contribution in [0.25, 0.3) is 11.1 Å². The van der Waals surface area contributed by atoms with Crippen molar-refractivity contribution in [1.29, 1.82) is 0 Å². The summed E-state index contributed by atoms with van der Waals surface area (Å²) in [4.78, 5) is 15.0. The lowest BCUT2D eigenvalue weighted by atomic mass is 10.0. The van der Waals surface area contributed by atoms with Gasteiger partial charge < -0.3 is 9.47 Å². The van der Waals surface area contributed by atoms with Crippen molar-refractivity contribution < 1.29 is 22.6 Å². The molecule has 1 aromatic heterocycles. The molecule has 0 amide bonds. The standard InChI is InChI=1S/C19H13F3N2O3/c20-15-6-5-14(17(21)18(15)22)11-1-3-12(4-2-11)26-10-13-9-24-8-7-16(25)23-19(24)27-13/h1-8,13H,9-10H2/t13-/m0/s1. The zero-order valence-corrected chi connectivity index (χ0v) is 13.9. The van der Waals surface area contributed by atoms with Gasteiger partial charge in [0.1, 0.15) is 12.4 Å². The van der Waals surface area contributed by atoms with Crippen LogP contribution in [0.4, 0.5) is 13.2 Å². The number of fused-ring (bicyclic) bond motifs is 1. The lowest BCUT2D eigenvalue weighted by Crippen LogP contribution is -2.23. The second-order valence-electron chi connectivity index (χ2n) is 6.00. The molecule has 2 heterocycles. The minimum absolute atomic E-state index is 0.0362. The molecule has 2 aromatic carbocycles. The minimum atomic E-state index is -1.50. The van der Waals surface area contributed by atoms with Crippen LogP contribution in [0.5, 0.6) is 11.8 Å². The largest absolute Gasteiger partial charge is 0.490 e. The van der Waals surface area contributed by atoms with Crippen molar-refractivity contribution in [3.05, 3.63) is 76.5 Å². The SMILES string of the molecule is O=c1ccn2c(n1)O[C@H](COc1ccc(-c3ccc(F)c(F)c3F)cc1)C2. The van der Waals surface area contributed by atoms with Crippen molar-refractivity contribution >= 4 is 0 Å². The highest BCUT2D eigenvalue weighted by atomic mass is 19.2. The number of rotatable bonds is 4. The number of hydrogen-bond acceptors (Lipinski definition) is 4. The Morgan fingerprint density at radius 1 is 1.07 bits per heavy atom. The maximum Gasteiger partial charge on any atom is 0.300 e. The van der Waals surface area contributed by atoms with Gasteiger partial charge in [-0.1, -0.05) is 12.1 Å². The second-order valence-corrected chi connectivity index (χ2v) is 6.00. The van der Waals surface area contributed by atoms with Crippen LogP contribution < -0.4 is 15.0 Å². The third-order valence-electron chi connectivity index (χ3n) is 4.16. The van der Waals surface area contributed by atoms with Gasteiger partial charge in [-0.2, -0.15) is 4.98 Å². The molecule has 138 valence electrons. The summed E-state index contributed by atoms with van der Waals surface area (Å²) in [6.07, 6.45) is 1.30. The lowest BCUT2D eigenvalue weighted by molar-refractivity contribution is 0.143. The molecule has 1 atom stereocenters. The summed E-state index contributed by atoms with van der Waals surface area (Å²) in [6.45, 7) is 0.719. The molecule has 0 spiro atoms. The molecule has 8 heteroatoms. The highest BCUT2D eigenvalue weighted by Crippen LogP contribution is 2.28. The Morgan fingerprint density at radius 2 is 1.85 bits per heavy atom. The summed E-state index contributed by atoms with van der Waals surface area (Å²) in [5, 5.41) is 0. The van der Waals surface area contributed by atoms with Crippen LogP contribution in [0.1, 0.15) is 0 Å². The highest BCUT2D eigenvalue weighted by molar-refractivity contribution is 5.65. The summed E-state index contributed by atoms with van der Waals surface area (Å²) in [5.41, 5.74) is -0.0141. The molecule has 1 aliphatic heterocycles. The fourth-order valence-corrected chi connectivity index (χ4v) is 2.81. The fraction of sp³-hybridized carbons (Fsp3) is 0.158. The van der Waals surface area contributed by atoms with E-state index in [9.17, 15) is 18.0 Å². The molecule has 27 heavy (non-hydrogen) atoms. The molecule has 0 saturated carbocycles. The highest BCUT2D eigenvalue weighted by Gasteiger charge is 2.23. The van der Waals surface area contributed by atoms with Gasteiger partial charge in [0, 0.05) is 17.8 Å². The number of benzene rings is 2. The first-order valence-corrected chi connectivity index (χ1v) is 8.12. The smallest absolute Gasteiger partial charge is 0.300 e. The first-order valence-electron chi connectivity index (χ1n) is 8.12. The lowest BCUT2D eigenvalue weighted by Gasteiger charge is -2.12.